The minimum absolute atomic E-state index is 0.0590. The van der Waals surface area contributed by atoms with Crippen LogP contribution < -0.4 is 0 Å². The molecule has 0 saturated heterocycles. The van der Waals surface area contributed by atoms with Crippen LogP contribution in [0.15, 0.2) is 17.8 Å². The molecule has 19 heavy (non-hydrogen) atoms. The first-order valence-electron chi connectivity index (χ1n) is 5.14. The standard InChI is InChI=1S/C10H8F3N3O2S/c11-10(12,13)9-15-7(5-19-9)16-4-6(3-14-16)1-2-8(17)18/h3-5H,1-2H2,(H,17,18). The van der Waals surface area contributed by atoms with Gasteiger partial charge in [-0.15, -0.1) is 11.3 Å². The molecule has 0 aromatic carbocycles. The number of carboxylic acid groups (broad SMARTS) is 1. The van der Waals surface area contributed by atoms with Crippen LogP contribution in [-0.2, 0) is 17.4 Å². The molecule has 9 heteroatoms. The van der Waals surface area contributed by atoms with Crippen molar-refractivity contribution in [2.24, 2.45) is 0 Å². The first kappa shape index (κ1) is 13.5. The Morgan fingerprint density at radius 1 is 1.47 bits per heavy atom. The highest BCUT2D eigenvalue weighted by Crippen LogP contribution is 2.32. The first-order chi connectivity index (χ1) is 8.86. The minimum atomic E-state index is -4.47. The van der Waals surface area contributed by atoms with E-state index in [4.69, 9.17) is 5.11 Å². The normalized spacial score (nSPS) is 11.7. The summed E-state index contributed by atoms with van der Waals surface area (Å²) in [6.45, 7) is 0. The zero-order chi connectivity index (χ0) is 14.0. The number of aliphatic carboxylic acids is 1. The zero-order valence-electron chi connectivity index (χ0n) is 9.39. The molecule has 0 bridgehead atoms. The summed E-state index contributed by atoms with van der Waals surface area (Å²) in [4.78, 5) is 13.8. The summed E-state index contributed by atoms with van der Waals surface area (Å²) in [6.07, 6.45) is -1.38. The molecule has 0 fully saturated rings. The van der Waals surface area contributed by atoms with E-state index >= 15 is 0 Å². The van der Waals surface area contributed by atoms with E-state index in [-0.39, 0.29) is 18.7 Å². The molecule has 2 aromatic heterocycles. The third kappa shape index (κ3) is 3.31. The summed E-state index contributed by atoms with van der Waals surface area (Å²) in [5.41, 5.74) is 0.629. The molecule has 0 aliphatic carbocycles. The topological polar surface area (TPSA) is 68.0 Å². The van der Waals surface area contributed by atoms with Crippen molar-refractivity contribution in [2.45, 2.75) is 19.0 Å². The number of hydrogen-bond acceptors (Lipinski definition) is 4. The molecule has 0 aliphatic rings. The van der Waals surface area contributed by atoms with E-state index in [1.54, 1.807) is 0 Å². The van der Waals surface area contributed by atoms with Gasteiger partial charge in [0.1, 0.15) is 0 Å². The number of hydrogen-bond donors (Lipinski definition) is 1. The second kappa shape index (κ2) is 5.00. The molecule has 0 aliphatic heterocycles. The molecule has 0 atom stereocenters. The van der Waals surface area contributed by atoms with Crippen LogP contribution in [0, 0.1) is 0 Å². The van der Waals surface area contributed by atoms with Gasteiger partial charge in [0, 0.05) is 18.0 Å². The Hall–Kier alpha value is -1.90. The minimum Gasteiger partial charge on any atom is -0.481 e. The molecule has 0 unspecified atom stereocenters. The molecule has 0 amide bonds. The first-order valence-corrected chi connectivity index (χ1v) is 6.02. The van der Waals surface area contributed by atoms with Crippen molar-refractivity contribution in [3.63, 3.8) is 0 Å². The van der Waals surface area contributed by atoms with Crippen molar-refractivity contribution in [3.05, 3.63) is 28.3 Å². The van der Waals surface area contributed by atoms with Crippen LogP contribution in [0.1, 0.15) is 17.0 Å². The average Bonchev–Trinajstić information content (AvgIpc) is 2.94. The van der Waals surface area contributed by atoms with Crippen molar-refractivity contribution in [1.29, 1.82) is 0 Å². The number of halogens is 3. The van der Waals surface area contributed by atoms with E-state index in [2.05, 4.69) is 10.1 Å². The summed E-state index contributed by atoms with van der Waals surface area (Å²) >= 11 is 0.488. The Kier molecular flexibility index (Phi) is 3.56. The highest BCUT2D eigenvalue weighted by Gasteiger charge is 2.34. The Balaban J connectivity index is 2.14. The lowest BCUT2D eigenvalue weighted by Crippen LogP contribution is -2.05. The maximum absolute atomic E-state index is 12.4. The SMILES string of the molecule is O=C(O)CCc1cnn(-c2csc(C(F)(F)F)n2)c1. The lowest BCUT2D eigenvalue weighted by atomic mass is 10.2. The quantitative estimate of drug-likeness (QED) is 0.939. The molecule has 0 spiro atoms. The number of nitrogens with zero attached hydrogens (tertiary/aromatic N) is 3. The Labute approximate surface area is 109 Å². The van der Waals surface area contributed by atoms with Crippen molar-refractivity contribution in [2.75, 3.05) is 0 Å². The summed E-state index contributed by atoms with van der Waals surface area (Å²) in [6, 6.07) is 0. The summed E-state index contributed by atoms with van der Waals surface area (Å²) in [5, 5.41) is 12.7. The lowest BCUT2D eigenvalue weighted by Gasteiger charge is -1.99. The molecular formula is C10H8F3N3O2S. The third-order valence-electron chi connectivity index (χ3n) is 2.23. The summed E-state index contributed by atoms with van der Waals surface area (Å²) in [7, 11) is 0. The number of alkyl halides is 3. The molecule has 1 N–H and O–H groups in total. The van der Waals surface area contributed by atoms with Gasteiger partial charge in [0.25, 0.3) is 0 Å². The summed E-state index contributed by atoms with van der Waals surface area (Å²) < 4.78 is 38.4. The van der Waals surface area contributed by atoms with Crippen LogP contribution in [0.25, 0.3) is 5.82 Å². The van der Waals surface area contributed by atoms with Crippen molar-refractivity contribution in [3.8, 4) is 5.82 Å². The molecule has 2 rings (SSSR count). The second-order valence-electron chi connectivity index (χ2n) is 3.70. The largest absolute Gasteiger partial charge is 0.481 e. The fourth-order valence-corrected chi connectivity index (χ4v) is 2.02. The predicted molar refractivity (Wildman–Crippen MR) is 60.2 cm³/mol. The van der Waals surface area contributed by atoms with Gasteiger partial charge >= 0.3 is 12.1 Å². The molecule has 0 radical (unpaired) electrons. The van der Waals surface area contributed by atoms with Gasteiger partial charge in [0.05, 0.1) is 6.20 Å². The smallest absolute Gasteiger partial charge is 0.443 e. The molecule has 2 aromatic rings. The fraction of sp³-hybridized carbons (Fsp3) is 0.300. The third-order valence-corrected chi connectivity index (χ3v) is 3.11. The van der Waals surface area contributed by atoms with Crippen LogP contribution in [0.3, 0.4) is 0 Å². The molecule has 102 valence electrons. The van der Waals surface area contributed by atoms with E-state index < -0.39 is 17.2 Å². The van der Waals surface area contributed by atoms with Gasteiger partial charge in [-0.2, -0.15) is 18.3 Å². The Morgan fingerprint density at radius 2 is 2.21 bits per heavy atom. The van der Waals surface area contributed by atoms with E-state index in [0.717, 1.165) is 0 Å². The molecular weight excluding hydrogens is 283 g/mol. The van der Waals surface area contributed by atoms with Crippen molar-refractivity contribution in [1.82, 2.24) is 14.8 Å². The van der Waals surface area contributed by atoms with Gasteiger partial charge in [0.15, 0.2) is 10.8 Å². The monoisotopic (exact) mass is 291 g/mol. The van der Waals surface area contributed by atoms with Crippen molar-refractivity contribution >= 4 is 17.3 Å². The highest BCUT2D eigenvalue weighted by atomic mass is 32.1. The number of aromatic nitrogens is 3. The van der Waals surface area contributed by atoms with Crippen LogP contribution >= 0.6 is 11.3 Å². The number of aryl methyl sites for hydroxylation is 1. The Bertz CT molecular complexity index is 591. The predicted octanol–water partition coefficient (Wildman–Crippen LogP) is 2.36. The van der Waals surface area contributed by atoms with Crippen LogP contribution in [0.2, 0.25) is 0 Å². The van der Waals surface area contributed by atoms with Gasteiger partial charge in [-0.05, 0) is 12.0 Å². The van der Waals surface area contributed by atoms with E-state index in [1.165, 1.54) is 22.5 Å². The number of carboxylic acids is 1. The van der Waals surface area contributed by atoms with Gasteiger partial charge in [-0.25, -0.2) is 9.67 Å². The lowest BCUT2D eigenvalue weighted by molar-refractivity contribution is -0.138. The van der Waals surface area contributed by atoms with Crippen LogP contribution in [0.5, 0.6) is 0 Å². The maximum atomic E-state index is 12.4. The van der Waals surface area contributed by atoms with Gasteiger partial charge < -0.3 is 5.11 Å². The number of rotatable bonds is 4. The van der Waals surface area contributed by atoms with Crippen LogP contribution in [0.4, 0.5) is 13.2 Å². The molecule has 0 saturated carbocycles. The zero-order valence-corrected chi connectivity index (χ0v) is 10.2. The summed E-state index contributed by atoms with van der Waals surface area (Å²) in [5.74, 6) is -0.875. The average molecular weight is 291 g/mol. The van der Waals surface area contributed by atoms with Crippen molar-refractivity contribution < 1.29 is 23.1 Å². The number of carbonyl (C=O) groups is 1. The van der Waals surface area contributed by atoms with Crippen LogP contribution in [-0.4, -0.2) is 25.8 Å². The van der Waals surface area contributed by atoms with Gasteiger partial charge in [0.2, 0.25) is 0 Å². The maximum Gasteiger partial charge on any atom is 0.443 e. The number of thiazole rings is 1. The van der Waals surface area contributed by atoms with E-state index in [1.807, 2.05) is 0 Å². The van der Waals surface area contributed by atoms with Gasteiger partial charge in [-0.3, -0.25) is 4.79 Å². The Morgan fingerprint density at radius 3 is 2.79 bits per heavy atom. The molecule has 5 nitrogen and oxygen atoms in total. The molecule has 2 heterocycles. The van der Waals surface area contributed by atoms with E-state index in [9.17, 15) is 18.0 Å². The second-order valence-corrected chi connectivity index (χ2v) is 4.55. The van der Waals surface area contributed by atoms with E-state index in [0.29, 0.717) is 16.9 Å². The van der Waals surface area contributed by atoms with Gasteiger partial charge in [-0.1, -0.05) is 0 Å². The fourth-order valence-electron chi connectivity index (χ4n) is 1.37. The highest BCUT2D eigenvalue weighted by molar-refractivity contribution is 7.10.